The van der Waals surface area contributed by atoms with E-state index < -0.39 is 103 Å². The van der Waals surface area contributed by atoms with Gasteiger partial charge >= 0.3 is 23.9 Å². The van der Waals surface area contributed by atoms with Crippen molar-refractivity contribution in [3.8, 4) is 0 Å². The maximum Gasteiger partial charge on any atom is 0.305 e. The number of rotatable bonds is 15. The molecule has 0 aliphatic carbocycles. The molecule has 0 radical (unpaired) electrons. The predicted molar refractivity (Wildman–Crippen MR) is 147 cm³/mol. The van der Waals surface area contributed by atoms with E-state index in [9.17, 15) is 38.7 Å². The van der Waals surface area contributed by atoms with Crippen LogP contribution >= 0.6 is 0 Å². The molecule has 44 heavy (non-hydrogen) atoms. The van der Waals surface area contributed by atoms with E-state index in [4.69, 9.17) is 29.4 Å². The van der Waals surface area contributed by atoms with E-state index in [1.54, 1.807) is 0 Å². The Morgan fingerprint density at radius 1 is 1.02 bits per heavy atom. The third kappa shape index (κ3) is 11.0. The van der Waals surface area contributed by atoms with Crippen LogP contribution in [-0.4, -0.2) is 120 Å². The SMILES string of the molecule is CC(=O)N[C@H]1[C@@H](OC(C)=O)O[C@H](COC(C)=O)[C@@H](OC(C)=O)[C@@H]1OC(C)CN(C(=O)[C@@H]1CCCN1)[C@H](CCC(=O)O)C(N)=O. The van der Waals surface area contributed by atoms with E-state index in [-0.39, 0.29) is 13.0 Å². The summed E-state index contributed by atoms with van der Waals surface area (Å²) >= 11 is 0. The summed E-state index contributed by atoms with van der Waals surface area (Å²) in [7, 11) is 0. The highest BCUT2D eigenvalue weighted by molar-refractivity contribution is 5.89. The van der Waals surface area contributed by atoms with Gasteiger partial charge < -0.3 is 50.1 Å². The minimum absolute atomic E-state index is 0.253. The molecule has 8 atom stereocenters. The fourth-order valence-electron chi connectivity index (χ4n) is 5.15. The zero-order valence-electron chi connectivity index (χ0n) is 25.4. The molecule has 5 N–H and O–H groups in total. The Labute approximate surface area is 254 Å². The Morgan fingerprint density at radius 3 is 2.18 bits per heavy atom. The van der Waals surface area contributed by atoms with E-state index in [0.717, 1.165) is 25.7 Å². The number of carbonyl (C=O) groups excluding carboxylic acids is 6. The third-order valence-corrected chi connectivity index (χ3v) is 6.87. The lowest BCUT2D eigenvalue weighted by Gasteiger charge is -2.46. The fraction of sp³-hybridized carbons (Fsp3) is 0.741. The van der Waals surface area contributed by atoms with Gasteiger partial charge in [-0.3, -0.25) is 33.6 Å². The number of nitrogens with one attached hydrogen (secondary N) is 2. The van der Waals surface area contributed by atoms with Gasteiger partial charge in [0, 0.05) is 40.7 Å². The van der Waals surface area contributed by atoms with Crippen molar-refractivity contribution in [1.82, 2.24) is 15.5 Å². The molecule has 2 aliphatic rings. The number of hydrogen-bond acceptors (Lipinski definition) is 13. The van der Waals surface area contributed by atoms with Crippen molar-refractivity contribution in [2.75, 3.05) is 19.7 Å². The summed E-state index contributed by atoms with van der Waals surface area (Å²) < 4.78 is 28.0. The Bertz CT molecular complexity index is 1080. The first-order valence-electron chi connectivity index (χ1n) is 14.2. The fourth-order valence-corrected chi connectivity index (χ4v) is 5.15. The smallest absolute Gasteiger partial charge is 0.305 e. The number of esters is 3. The molecule has 248 valence electrons. The van der Waals surface area contributed by atoms with Crippen molar-refractivity contribution >= 4 is 41.6 Å². The van der Waals surface area contributed by atoms with Gasteiger partial charge in [0.05, 0.1) is 12.1 Å². The molecule has 2 rings (SSSR count). The number of ether oxygens (including phenoxy) is 5. The van der Waals surface area contributed by atoms with Crippen LogP contribution in [0.2, 0.25) is 0 Å². The van der Waals surface area contributed by atoms with E-state index >= 15 is 0 Å². The molecule has 17 heteroatoms. The Balaban J connectivity index is 2.49. The van der Waals surface area contributed by atoms with Crippen LogP contribution in [0.5, 0.6) is 0 Å². The van der Waals surface area contributed by atoms with Crippen molar-refractivity contribution in [2.24, 2.45) is 5.73 Å². The van der Waals surface area contributed by atoms with Gasteiger partial charge in [-0.2, -0.15) is 0 Å². The van der Waals surface area contributed by atoms with E-state index in [1.165, 1.54) is 13.8 Å². The lowest BCUT2D eigenvalue weighted by atomic mass is 9.95. The molecule has 0 saturated carbocycles. The average molecular weight is 631 g/mol. The molecule has 0 bridgehead atoms. The normalized spacial score (nSPS) is 26.0. The zero-order valence-corrected chi connectivity index (χ0v) is 25.4. The Hall–Kier alpha value is -3.83. The molecule has 17 nitrogen and oxygen atoms in total. The molecule has 0 aromatic rings. The molecule has 0 aromatic carbocycles. The first kappa shape index (κ1) is 36.4. The van der Waals surface area contributed by atoms with Crippen LogP contribution in [0.15, 0.2) is 0 Å². The summed E-state index contributed by atoms with van der Waals surface area (Å²) in [6.45, 7) is 5.94. The zero-order chi connectivity index (χ0) is 33.1. The molecule has 2 aliphatic heterocycles. The largest absolute Gasteiger partial charge is 0.481 e. The minimum atomic E-state index is -1.48. The topological polar surface area (TPSA) is 239 Å². The number of primary amides is 1. The van der Waals surface area contributed by atoms with Crippen LogP contribution in [0, 0.1) is 0 Å². The van der Waals surface area contributed by atoms with Crippen molar-refractivity contribution in [3.05, 3.63) is 0 Å². The number of amides is 3. The second-order valence-electron chi connectivity index (χ2n) is 10.7. The number of carboxylic acids is 1. The summed E-state index contributed by atoms with van der Waals surface area (Å²) in [5, 5.41) is 14.8. The predicted octanol–water partition coefficient (Wildman–Crippen LogP) is -1.65. The number of hydrogen-bond donors (Lipinski definition) is 4. The van der Waals surface area contributed by atoms with Gasteiger partial charge in [-0.05, 0) is 32.7 Å². The van der Waals surface area contributed by atoms with Crippen molar-refractivity contribution in [2.45, 2.75) is 109 Å². The average Bonchev–Trinajstić information content (AvgIpc) is 3.44. The van der Waals surface area contributed by atoms with Crippen molar-refractivity contribution < 1.29 is 62.4 Å². The number of carbonyl (C=O) groups is 7. The van der Waals surface area contributed by atoms with Crippen LogP contribution in [-0.2, 0) is 57.2 Å². The number of nitrogens with two attached hydrogens (primary N) is 1. The number of nitrogens with zero attached hydrogens (tertiary/aromatic N) is 1. The van der Waals surface area contributed by atoms with Crippen LogP contribution in [0.4, 0.5) is 0 Å². The van der Waals surface area contributed by atoms with Gasteiger partial charge in [0.15, 0.2) is 6.10 Å². The molecule has 3 amide bonds. The monoisotopic (exact) mass is 630 g/mol. The van der Waals surface area contributed by atoms with Crippen LogP contribution < -0.4 is 16.4 Å². The van der Waals surface area contributed by atoms with E-state index in [1.807, 2.05) is 0 Å². The molecule has 2 saturated heterocycles. The van der Waals surface area contributed by atoms with Crippen LogP contribution in [0.3, 0.4) is 0 Å². The van der Waals surface area contributed by atoms with Gasteiger partial charge in [0.25, 0.3) is 0 Å². The molecular weight excluding hydrogens is 588 g/mol. The molecule has 2 fully saturated rings. The standard InChI is InChI=1S/C27H42N4O13/c1-13(11-31(26(39)18-7-6-10-29-18)19(25(28)38)8-9-21(36)37)41-24-22(30-14(2)32)27(43-17(5)35)44-20(12-40-15(3)33)23(24)42-16(4)34/h13,18-20,22-24,27,29H,6-12H2,1-5H3,(H2,28,38)(H,30,32)(H,36,37)/t13?,18-,19+,20+,22+,23+,24+,27-/m0/s1. The maximum atomic E-state index is 13.6. The van der Waals surface area contributed by atoms with Gasteiger partial charge in [-0.15, -0.1) is 0 Å². The first-order chi connectivity index (χ1) is 20.6. The number of carboxylic acid groups (broad SMARTS) is 1. The maximum absolute atomic E-state index is 13.6. The second-order valence-corrected chi connectivity index (χ2v) is 10.7. The minimum Gasteiger partial charge on any atom is -0.481 e. The highest BCUT2D eigenvalue weighted by Gasteiger charge is 2.51. The Morgan fingerprint density at radius 2 is 1.68 bits per heavy atom. The number of aliphatic carboxylic acids is 1. The molecule has 0 spiro atoms. The Kier molecular flexibility index (Phi) is 13.9. The molecule has 2 heterocycles. The van der Waals surface area contributed by atoms with Gasteiger partial charge in [-0.1, -0.05) is 0 Å². The van der Waals surface area contributed by atoms with E-state index in [2.05, 4.69) is 10.6 Å². The van der Waals surface area contributed by atoms with Crippen molar-refractivity contribution in [3.63, 3.8) is 0 Å². The van der Waals surface area contributed by atoms with Gasteiger partial charge in [-0.25, -0.2) is 0 Å². The third-order valence-electron chi connectivity index (χ3n) is 6.87. The lowest BCUT2D eigenvalue weighted by molar-refractivity contribution is -0.279. The van der Waals surface area contributed by atoms with Crippen LogP contribution in [0.25, 0.3) is 0 Å². The molecule has 0 aromatic heterocycles. The summed E-state index contributed by atoms with van der Waals surface area (Å²) in [5.74, 6) is -5.40. The summed E-state index contributed by atoms with van der Waals surface area (Å²) in [6.07, 6.45) is -5.80. The van der Waals surface area contributed by atoms with Crippen LogP contribution in [0.1, 0.15) is 60.3 Å². The van der Waals surface area contributed by atoms with Gasteiger partial charge in [0.2, 0.25) is 24.0 Å². The van der Waals surface area contributed by atoms with E-state index in [0.29, 0.717) is 19.4 Å². The molecular formula is C27H42N4O13. The summed E-state index contributed by atoms with van der Waals surface area (Å²) in [4.78, 5) is 86.3. The highest BCUT2D eigenvalue weighted by atomic mass is 16.7. The summed E-state index contributed by atoms with van der Waals surface area (Å²) in [6, 6.07) is -3.18. The quantitative estimate of drug-likeness (QED) is 0.117. The second kappa shape index (κ2) is 16.9. The van der Waals surface area contributed by atoms with Crippen molar-refractivity contribution in [1.29, 1.82) is 0 Å². The first-order valence-corrected chi connectivity index (χ1v) is 14.2. The lowest BCUT2D eigenvalue weighted by Crippen LogP contribution is -2.67. The van der Waals surface area contributed by atoms with Gasteiger partial charge in [0.1, 0.15) is 30.9 Å². The summed E-state index contributed by atoms with van der Waals surface area (Å²) in [5.41, 5.74) is 5.62. The highest BCUT2D eigenvalue weighted by Crippen LogP contribution is 2.29. The molecule has 1 unspecified atom stereocenters.